The lowest BCUT2D eigenvalue weighted by Crippen LogP contribution is -2.12. The van der Waals surface area contributed by atoms with Crippen molar-refractivity contribution in [1.82, 2.24) is 0 Å². The second-order valence-electron chi connectivity index (χ2n) is 2.79. The first-order valence-electron chi connectivity index (χ1n) is 3.66. The Morgan fingerprint density at radius 2 is 1.38 bits per heavy atom. The number of anilines is 1. The van der Waals surface area contributed by atoms with Gasteiger partial charge in [-0.05, 0) is 0 Å². The minimum atomic E-state index is -4.32. The van der Waals surface area contributed by atoms with Crippen LogP contribution in [0.5, 0.6) is 5.75 Å². The Morgan fingerprint density at radius 1 is 1.00 bits per heavy atom. The lowest BCUT2D eigenvalue weighted by Gasteiger charge is -2.08. The first-order chi connectivity index (χ1) is 7.15. The summed E-state index contributed by atoms with van der Waals surface area (Å²) in [5, 5.41) is 0. The van der Waals surface area contributed by atoms with Gasteiger partial charge in [-0.15, -0.1) is 0 Å². The standard InChI is InChI=1S/C7H5F4NO3S/c1-16(13,14)15-7-4(10)2(8)6(12)3(9)5(7)11/h12H2,1H3. The van der Waals surface area contributed by atoms with Crippen LogP contribution in [-0.4, -0.2) is 14.7 Å². The fourth-order valence-corrected chi connectivity index (χ4v) is 1.30. The summed E-state index contributed by atoms with van der Waals surface area (Å²) >= 11 is 0. The van der Waals surface area contributed by atoms with Crippen LogP contribution in [0.1, 0.15) is 0 Å². The van der Waals surface area contributed by atoms with Gasteiger partial charge in [0.15, 0.2) is 11.6 Å². The molecule has 1 aromatic rings. The molecule has 9 heteroatoms. The summed E-state index contributed by atoms with van der Waals surface area (Å²) in [4.78, 5) is 0. The van der Waals surface area contributed by atoms with Gasteiger partial charge in [-0.25, -0.2) is 8.78 Å². The average Bonchev–Trinajstić information content (AvgIpc) is 2.17. The van der Waals surface area contributed by atoms with Crippen molar-refractivity contribution in [3.63, 3.8) is 0 Å². The van der Waals surface area contributed by atoms with Crippen LogP contribution in [0.4, 0.5) is 23.2 Å². The Bertz CT molecular complexity index is 514. The molecule has 16 heavy (non-hydrogen) atoms. The molecule has 2 N–H and O–H groups in total. The summed E-state index contributed by atoms with van der Waals surface area (Å²) in [5.74, 6) is -9.55. The molecule has 0 bridgehead atoms. The van der Waals surface area contributed by atoms with Crippen LogP contribution in [0.25, 0.3) is 0 Å². The van der Waals surface area contributed by atoms with E-state index in [0.717, 1.165) is 0 Å². The first-order valence-corrected chi connectivity index (χ1v) is 5.47. The lowest BCUT2D eigenvalue weighted by atomic mass is 10.2. The Balaban J connectivity index is 3.52. The van der Waals surface area contributed by atoms with Crippen LogP contribution >= 0.6 is 0 Å². The largest absolute Gasteiger partial charge is 0.394 e. The molecule has 0 amide bonds. The minimum Gasteiger partial charge on any atom is -0.394 e. The Morgan fingerprint density at radius 3 is 1.69 bits per heavy atom. The number of hydrogen-bond acceptors (Lipinski definition) is 4. The van der Waals surface area contributed by atoms with Crippen molar-refractivity contribution in [1.29, 1.82) is 0 Å². The fourth-order valence-electron chi connectivity index (χ4n) is 0.853. The molecule has 90 valence electrons. The van der Waals surface area contributed by atoms with Gasteiger partial charge in [0, 0.05) is 0 Å². The van der Waals surface area contributed by atoms with E-state index in [2.05, 4.69) is 9.92 Å². The zero-order valence-electron chi connectivity index (χ0n) is 7.72. The third-order valence-electron chi connectivity index (χ3n) is 1.49. The first kappa shape index (κ1) is 12.6. The number of halogens is 4. The van der Waals surface area contributed by atoms with E-state index >= 15 is 0 Å². The second-order valence-corrected chi connectivity index (χ2v) is 4.36. The van der Waals surface area contributed by atoms with Crippen molar-refractivity contribution in [2.45, 2.75) is 0 Å². The molecule has 0 aromatic heterocycles. The number of nitrogen functional groups attached to an aromatic ring is 1. The van der Waals surface area contributed by atoms with Crippen molar-refractivity contribution < 1.29 is 30.2 Å². The second kappa shape index (κ2) is 3.81. The molecule has 0 unspecified atom stereocenters. The molecule has 0 fully saturated rings. The Labute approximate surface area is 87.7 Å². The average molecular weight is 259 g/mol. The van der Waals surface area contributed by atoms with E-state index in [-0.39, 0.29) is 0 Å². The van der Waals surface area contributed by atoms with Crippen LogP contribution in [0.3, 0.4) is 0 Å². The molecule has 0 aliphatic rings. The lowest BCUT2D eigenvalue weighted by molar-refractivity contribution is 0.394. The van der Waals surface area contributed by atoms with E-state index in [4.69, 9.17) is 0 Å². The van der Waals surface area contributed by atoms with E-state index in [1.807, 2.05) is 0 Å². The molecule has 0 radical (unpaired) electrons. The number of nitrogens with two attached hydrogens (primary N) is 1. The van der Waals surface area contributed by atoms with E-state index in [1.165, 1.54) is 0 Å². The van der Waals surface area contributed by atoms with Crippen molar-refractivity contribution in [2.24, 2.45) is 0 Å². The summed E-state index contributed by atoms with van der Waals surface area (Å²) < 4.78 is 76.5. The maximum Gasteiger partial charge on any atom is 0.306 e. The number of hydrogen-bond donors (Lipinski definition) is 1. The van der Waals surface area contributed by atoms with Crippen molar-refractivity contribution in [3.8, 4) is 5.75 Å². The summed E-state index contributed by atoms with van der Waals surface area (Å²) in [6.45, 7) is 0. The molecule has 0 saturated heterocycles. The van der Waals surface area contributed by atoms with Gasteiger partial charge < -0.3 is 9.92 Å². The van der Waals surface area contributed by atoms with Gasteiger partial charge in [-0.2, -0.15) is 17.2 Å². The number of benzene rings is 1. The summed E-state index contributed by atoms with van der Waals surface area (Å²) in [6, 6.07) is 0. The third kappa shape index (κ3) is 2.18. The predicted molar refractivity (Wildman–Crippen MR) is 46.2 cm³/mol. The van der Waals surface area contributed by atoms with Gasteiger partial charge in [0.2, 0.25) is 17.4 Å². The predicted octanol–water partition coefficient (Wildman–Crippen LogP) is 1.16. The van der Waals surface area contributed by atoms with Gasteiger partial charge in [0.05, 0.1) is 6.26 Å². The van der Waals surface area contributed by atoms with Crippen LogP contribution in [-0.2, 0) is 10.1 Å². The highest BCUT2D eigenvalue weighted by Crippen LogP contribution is 2.31. The molecule has 0 saturated carbocycles. The van der Waals surface area contributed by atoms with Gasteiger partial charge >= 0.3 is 10.1 Å². The topological polar surface area (TPSA) is 69.4 Å². The summed E-state index contributed by atoms with van der Waals surface area (Å²) in [7, 11) is -4.32. The Hall–Kier alpha value is -1.51. The van der Waals surface area contributed by atoms with Gasteiger partial charge in [-0.3, -0.25) is 0 Å². The van der Waals surface area contributed by atoms with Crippen LogP contribution in [0, 0.1) is 23.3 Å². The van der Waals surface area contributed by atoms with E-state index in [9.17, 15) is 26.0 Å². The number of rotatable bonds is 2. The van der Waals surface area contributed by atoms with Crippen molar-refractivity contribution in [2.75, 3.05) is 12.0 Å². The molecule has 4 nitrogen and oxygen atoms in total. The molecule has 0 heterocycles. The maximum atomic E-state index is 13.0. The van der Waals surface area contributed by atoms with Crippen LogP contribution < -0.4 is 9.92 Å². The Kier molecular flexibility index (Phi) is 2.99. The van der Waals surface area contributed by atoms with Crippen LogP contribution in [0.15, 0.2) is 0 Å². The molecule has 1 rings (SSSR count). The molecule has 0 spiro atoms. The molecular formula is C7H5F4NO3S. The molecule has 0 aliphatic carbocycles. The third-order valence-corrected chi connectivity index (χ3v) is 1.96. The summed E-state index contributed by atoms with van der Waals surface area (Å²) in [6.07, 6.45) is 0.456. The SMILES string of the molecule is CS(=O)(=O)Oc1c(F)c(F)c(N)c(F)c1F. The van der Waals surface area contributed by atoms with Gasteiger partial charge in [-0.1, -0.05) is 0 Å². The van der Waals surface area contributed by atoms with Gasteiger partial charge in [0.1, 0.15) is 5.69 Å². The molecule has 0 atom stereocenters. The highest BCUT2D eigenvalue weighted by Gasteiger charge is 2.27. The molecular weight excluding hydrogens is 254 g/mol. The summed E-state index contributed by atoms with van der Waals surface area (Å²) in [5.41, 5.74) is 3.29. The van der Waals surface area contributed by atoms with E-state index < -0.39 is 44.8 Å². The minimum absolute atomic E-state index is 0.456. The van der Waals surface area contributed by atoms with E-state index in [1.54, 1.807) is 0 Å². The smallest absolute Gasteiger partial charge is 0.306 e. The normalized spacial score (nSPS) is 11.6. The highest BCUT2D eigenvalue weighted by molar-refractivity contribution is 7.86. The van der Waals surface area contributed by atoms with Gasteiger partial charge in [0.25, 0.3) is 0 Å². The van der Waals surface area contributed by atoms with E-state index in [0.29, 0.717) is 6.26 Å². The zero-order valence-corrected chi connectivity index (χ0v) is 8.54. The van der Waals surface area contributed by atoms with Crippen molar-refractivity contribution >= 4 is 15.8 Å². The zero-order chi connectivity index (χ0) is 12.7. The quantitative estimate of drug-likeness (QED) is 0.374. The monoisotopic (exact) mass is 259 g/mol. The fraction of sp³-hybridized carbons (Fsp3) is 0.143. The van der Waals surface area contributed by atoms with Crippen LogP contribution in [0.2, 0.25) is 0 Å². The highest BCUT2D eigenvalue weighted by atomic mass is 32.2. The molecule has 1 aromatic carbocycles. The maximum absolute atomic E-state index is 13.0. The molecule has 0 aliphatic heterocycles. The van der Waals surface area contributed by atoms with Crippen molar-refractivity contribution in [3.05, 3.63) is 23.3 Å².